The fourth-order valence-electron chi connectivity index (χ4n) is 3.76. The lowest BCUT2D eigenvalue weighted by molar-refractivity contribution is -0.0565. The second-order valence-corrected chi connectivity index (χ2v) is 7.35. The second kappa shape index (κ2) is 7.73. The third-order valence-corrected chi connectivity index (χ3v) is 5.04. The Hall–Kier alpha value is -1.96. The van der Waals surface area contributed by atoms with Gasteiger partial charge < -0.3 is 19.2 Å². The molecule has 2 aliphatic heterocycles. The van der Waals surface area contributed by atoms with Crippen molar-refractivity contribution in [2.75, 3.05) is 44.8 Å². The Morgan fingerprint density at radius 3 is 3.08 bits per heavy atom. The van der Waals surface area contributed by atoms with Gasteiger partial charge in [-0.25, -0.2) is 0 Å². The molecule has 2 saturated heterocycles. The quantitative estimate of drug-likeness (QED) is 0.877. The van der Waals surface area contributed by atoms with Crippen LogP contribution in [0.1, 0.15) is 17.9 Å². The molecule has 7 heteroatoms. The van der Waals surface area contributed by atoms with Gasteiger partial charge in [-0.2, -0.15) is 5.10 Å². The number of rotatable bonds is 5. The van der Waals surface area contributed by atoms with Gasteiger partial charge in [-0.15, -0.1) is 5.10 Å². The Labute approximate surface area is 153 Å². The van der Waals surface area contributed by atoms with Crippen LogP contribution < -0.4 is 5.32 Å². The van der Waals surface area contributed by atoms with Crippen LogP contribution in [0.15, 0.2) is 34.9 Å². The van der Waals surface area contributed by atoms with Gasteiger partial charge in [0.15, 0.2) is 0 Å². The van der Waals surface area contributed by atoms with Gasteiger partial charge in [-0.3, -0.25) is 4.90 Å². The Morgan fingerprint density at radius 1 is 1.31 bits per heavy atom. The smallest absolute Gasteiger partial charge is 0.148 e. The number of aryl methyl sites for hydroxylation is 1. The number of hydrogen-bond donors (Lipinski definition) is 1. The van der Waals surface area contributed by atoms with Gasteiger partial charge >= 0.3 is 0 Å². The van der Waals surface area contributed by atoms with E-state index in [-0.39, 0.29) is 5.60 Å². The van der Waals surface area contributed by atoms with E-state index in [9.17, 15) is 0 Å². The van der Waals surface area contributed by atoms with Crippen molar-refractivity contribution in [1.82, 2.24) is 15.1 Å². The van der Waals surface area contributed by atoms with Gasteiger partial charge in [-0.05, 0) is 37.6 Å². The largest absolute Gasteiger partial charge is 0.468 e. The average molecular weight is 358 g/mol. The Balaban J connectivity index is 1.33. The zero-order chi connectivity index (χ0) is 17.8. The number of anilines is 1. The zero-order valence-corrected chi connectivity index (χ0v) is 15.2. The van der Waals surface area contributed by atoms with Crippen molar-refractivity contribution in [1.29, 1.82) is 0 Å². The summed E-state index contributed by atoms with van der Waals surface area (Å²) in [7, 11) is 0. The maximum Gasteiger partial charge on any atom is 0.148 e. The first kappa shape index (κ1) is 17.5. The molecule has 4 heterocycles. The maximum absolute atomic E-state index is 6.26. The molecule has 26 heavy (non-hydrogen) atoms. The predicted molar refractivity (Wildman–Crippen MR) is 96.9 cm³/mol. The summed E-state index contributed by atoms with van der Waals surface area (Å²) in [5, 5.41) is 11.6. The molecule has 1 N–H and O–H groups in total. The minimum absolute atomic E-state index is 0.228. The molecular weight excluding hydrogens is 332 g/mol. The second-order valence-electron chi connectivity index (χ2n) is 7.35. The number of ether oxygens (including phenoxy) is 2. The van der Waals surface area contributed by atoms with Crippen LogP contribution in [0.3, 0.4) is 0 Å². The molecule has 0 aromatic carbocycles. The number of hydrogen-bond acceptors (Lipinski definition) is 7. The SMILES string of the molecule is Cc1ccc(NC[C@H]2CO[C@@]3(COCCN(Cc4ccco4)C3)C2)nn1. The van der Waals surface area contributed by atoms with E-state index in [1.54, 1.807) is 6.26 Å². The monoisotopic (exact) mass is 358 g/mol. The fourth-order valence-corrected chi connectivity index (χ4v) is 3.76. The summed E-state index contributed by atoms with van der Waals surface area (Å²) in [5.74, 6) is 2.23. The van der Waals surface area contributed by atoms with Crippen molar-refractivity contribution < 1.29 is 13.9 Å². The van der Waals surface area contributed by atoms with Crippen molar-refractivity contribution >= 4 is 5.82 Å². The normalized spacial score (nSPS) is 26.9. The van der Waals surface area contributed by atoms with Gasteiger partial charge in [0, 0.05) is 25.6 Å². The summed E-state index contributed by atoms with van der Waals surface area (Å²) in [4.78, 5) is 2.37. The molecule has 2 aliphatic rings. The van der Waals surface area contributed by atoms with Crippen molar-refractivity contribution in [3.8, 4) is 0 Å². The van der Waals surface area contributed by atoms with E-state index < -0.39 is 0 Å². The van der Waals surface area contributed by atoms with Gasteiger partial charge in [0.1, 0.15) is 17.2 Å². The molecule has 2 atom stereocenters. The van der Waals surface area contributed by atoms with Crippen LogP contribution in [0.25, 0.3) is 0 Å². The van der Waals surface area contributed by atoms with Crippen LogP contribution in [0.5, 0.6) is 0 Å². The van der Waals surface area contributed by atoms with E-state index >= 15 is 0 Å². The van der Waals surface area contributed by atoms with Crippen LogP contribution in [-0.4, -0.2) is 60.2 Å². The fraction of sp³-hybridized carbons (Fsp3) is 0.579. The van der Waals surface area contributed by atoms with E-state index in [4.69, 9.17) is 13.9 Å². The molecule has 0 unspecified atom stereocenters. The molecule has 4 rings (SSSR count). The standard InChI is InChI=1S/C19H26N4O3/c1-15-4-5-18(22-21-15)20-10-16-9-19(26-12-16)13-23(6-8-24-14-19)11-17-3-2-7-25-17/h2-5,7,16H,6,8-14H2,1H3,(H,20,22)/t16-,19-/m0/s1. The first-order chi connectivity index (χ1) is 12.7. The molecule has 1 spiro atoms. The molecule has 0 radical (unpaired) electrons. The highest BCUT2D eigenvalue weighted by molar-refractivity contribution is 5.32. The van der Waals surface area contributed by atoms with Crippen molar-refractivity contribution in [3.05, 3.63) is 42.0 Å². The summed E-state index contributed by atoms with van der Waals surface area (Å²) >= 11 is 0. The van der Waals surface area contributed by atoms with Gasteiger partial charge in [0.25, 0.3) is 0 Å². The average Bonchev–Trinajstić information content (AvgIpc) is 3.24. The summed E-state index contributed by atoms with van der Waals surface area (Å²) in [6.07, 6.45) is 2.70. The Kier molecular flexibility index (Phi) is 5.19. The lowest BCUT2D eigenvalue weighted by Crippen LogP contribution is -2.43. The van der Waals surface area contributed by atoms with E-state index in [1.165, 1.54) is 0 Å². The third kappa shape index (κ3) is 4.23. The van der Waals surface area contributed by atoms with Crippen LogP contribution in [-0.2, 0) is 16.0 Å². The number of aromatic nitrogens is 2. The van der Waals surface area contributed by atoms with Crippen LogP contribution >= 0.6 is 0 Å². The van der Waals surface area contributed by atoms with E-state index in [1.807, 2.05) is 31.2 Å². The highest BCUT2D eigenvalue weighted by Gasteiger charge is 2.43. The Bertz CT molecular complexity index is 691. The highest BCUT2D eigenvalue weighted by Crippen LogP contribution is 2.33. The van der Waals surface area contributed by atoms with Crippen molar-refractivity contribution in [2.45, 2.75) is 25.5 Å². The molecule has 7 nitrogen and oxygen atoms in total. The number of nitrogens with zero attached hydrogens (tertiary/aromatic N) is 3. The Morgan fingerprint density at radius 2 is 2.27 bits per heavy atom. The minimum atomic E-state index is -0.228. The summed E-state index contributed by atoms with van der Waals surface area (Å²) in [6, 6.07) is 7.88. The van der Waals surface area contributed by atoms with Crippen LogP contribution in [0.2, 0.25) is 0 Å². The van der Waals surface area contributed by atoms with Gasteiger partial charge in [0.2, 0.25) is 0 Å². The van der Waals surface area contributed by atoms with Crippen molar-refractivity contribution in [2.24, 2.45) is 5.92 Å². The molecule has 2 aromatic heterocycles. The van der Waals surface area contributed by atoms with Gasteiger partial charge in [-0.1, -0.05) is 0 Å². The van der Waals surface area contributed by atoms with Crippen LogP contribution in [0, 0.1) is 12.8 Å². The third-order valence-electron chi connectivity index (χ3n) is 5.04. The minimum Gasteiger partial charge on any atom is -0.468 e. The van der Waals surface area contributed by atoms with E-state index in [0.717, 1.165) is 63.1 Å². The van der Waals surface area contributed by atoms with E-state index in [2.05, 4.69) is 20.4 Å². The molecular formula is C19H26N4O3. The summed E-state index contributed by atoms with van der Waals surface area (Å²) < 4.78 is 17.6. The number of nitrogens with one attached hydrogen (secondary N) is 1. The topological polar surface area (TPSA) is 72.7 Å². The first-order valence-corrected chi connectivity index (χ1v) is 9.21. The molecule has 2 aromatic rings. The predicted octanol–water partition coefficient (Wildman–Crippen LogP) is 2.10. The summed E-state index contributed by atoms with van der Waals surface area (Å²) in [6.45, 7) is 7.45. The lowest BCUT2D eigenvalue weighted by atomic mass is 9.94. The highest BCUT2D eigenvalue weighted by atomic mass is 16.5. The first-order valence-electron chi connectivity index (χ1n) is 9.21. The molecule has 0 bridgehead atoms. The molecule has 0 aliphatic carbocycles. The number of furan rings is 1. The van der Waals surface area contributed by atoms with Crippen LogP contribution in [0.4, 0.5) is 5.82 Å². The molecule has 2 fully saturated rings. The molecule has 0 saturated carbocycles. The zero-order valence-electron chi connectivity index (χ0n) is 15.2. The van der Waals surface area contributed by atoms with Gasteiger partial charge in [0.05, 0.1) is 38.3 Å². The molecule has 0 amide bonds. The molecule has 140 valence electrons. The van der Waals surface area contributed by atoms with E-state index in [0.29, 0.717) is 12.5 Å². The maximum atomic E-state index is 6.26. The lowest BCUT2D eigenvalue weighted by Gasteiger charge is -2.30. The summed E-state index contributed by atoms with van der Waals surface area (Å²) in [5.41, 5.74) is 0.694. The van der Waals surface area contributed by atoms with Crippen molar-refractivity contribution in [3.63, 3.8) is 0 Å².